The molecule has 1 aliphatic heterocycles. The molecular weight excluding hydrogens is 425 g/mol. The van der Waals surface area contributed by atoms with Crippen molar-refractivity contribution in [3.05, 3.63) is 74.8 Å². The fourth-order valence-corrected chi connectivity index (χ4v) is 3.40. The van der Waals surface area contributed by atoms with E-state index in [9.17, 15) is 18.8 Å². The number of carbonyl (C=O) groups is 2. The van der Waals surface area contributed by atoms with Gasteiger partial charge in [-0.3, -0.25) is 19.4 Å². The number of halogens is 2. The number of fused-ring (bicyclic) bond motifs is 1. The van der Waals surface area contributed by atoms with Crippen molar-refractivity contribution in [3.8, 4) is 0 Å². The topological polar surface area (TPSA) is 116 Å². The molecule has 0 radical (unpaired) electrons. The average Bonchev–Trinajstić information content (AvgIpc) is 2.71. The number of nitrogens with one attached hydrogen (secondary N) is 4. The zero-order chi connectivity index (χ0) is 22.1. The highest BCUT2D eigenvalue weighted by molar-refractivity contribution is 6.31. The molecule has 0 saturated heterocycles. The first-order valence-corrected chi connectivity index (χ1v) is 9.71. The monoisotopic (exact) mass is 441 g/mol. The van der Waals surface area contributed by atoms with E-state index >= 15 is 0 Å². The van der Waals surface area contributed by atoms with Crippen molar-refractivity contribution in [1.82, 2.24) is 9.97 Å². The molecule has 1 aromatic heterocycles. The molecule has 31 heavy (non-hydrogen) atoms. The van der Waals surface area contributed by atoms with Crippen LogP contribution in [-0.4, -0.2) is 21.8 Å². The molecule has 3 aromatic rings. The van der Waals surface area contributed by atoms with Gasteiger partial charge in [-0.25, -0.2) is 4.39 Å². The van der Waals surface area contributed by atoms with Crippen LogP contribution >= 0.6 is 11.6 Å². The summed E-state index contributed by atoms with van der Waals surface area (Å²) in [6, 6.07) is 10.5. The second-order valence-electron chi connectivity index (χ2n) is 7.07. The second kappa shape index (κ2) is 8.19. The predicted molar refractivity (Wildman–Crippen MR) is 115 cm³/mol. The Hall–Kier alpha value is -3.72. The van der Waals surface area contributed by atoms with Crippen LogP contribution in [0.15, 0.2) is 47.3 Å². The Morgan fingerprint density at radius 2 is 1.87 bits per heavy atom. The van der Waals surface area contributed by atoms with E-state index < -0.39 is 29.1 Å². The third-order valence-corrected chi connectivity index (χ3v) is 5.22. The molecule has 2 heterocycles. The van der Waals surface area contributed by atoms with Crippen molar-refractivity contribution >= 4 is 46.6 Å². The number of hydrogen-bond donors (Lipinski definition) is 4. The fourth-order valence-electron chi connectivity index (χ4n) is 3.22. The van der Waals surface area contributed by atoms with Gasteiger partial charge >= 0.3 is 0 Å². The number of benzene rings is 2. The number of rotatable bonds is 4. The van der Waals surface area contributed by atoms with E-state index in [0.29, 0.717) is 16.4 Å². The number of amides is 2. The normalized spacial score (nSPS) is 15.1. The summed E-state index contributed by atoms with van der Waals surface area (Å²) in [6.45, 7) is 1.83. The number of aromatic amines is 1. The van der Waals surface area contributed by atoms with E-state index in [1.54, 1.807) is 18.2 Å². The van der Waals surface area contributed by atoms with Crippen molar-refractivity contribution in [2.45, 2.75) is 19.3 Å². The van der Waals surface area contributed by atoms with Crippen molar-refractivity contribution in [3.63, 3.8) is 0 Å². The van der Waals surface area contributed by atoms with Crippen molar-refractivity contribution < 1.29 is 14.0 Å². The summed E-state index contributed by atoms with van der Waals surface area (Å²) < 4.78 is 13.1. The smallest absolute Gasteiger partial charge is 0.258 e. The molecule has 2 amide bonds. The summed E-state index contributed by atoms with van der Waals surface area (Å²) in [5, 5.41) is 8.54. The molecule has 4 rings (SSSR count). The maximum Gasteiger partial charge on any atom is 0.258 e. The molecule has 0 unspecified atom stereocenters. The minimum absolute atomic E-state index is 0.00768. The third-order valence-electron chi connectivity index (χ3n) is 4.81. The lowest BCUT2D eigenvalue weighted by molar-refractivity contribution is -0.123. The third kappa shape index (κ3) is 4.41. The molecule has 158 valence electrons. The maximum absolute atomic E-state index is 13.1. The number of nitrogens with zero attached hydrogens (tertiary/aromatic N) is 1. The summed E-state index contributed by atoms with van der Waals surface area (Å²) in [5.41, 5.74) is 1.27. The van der Waals surface area contributed by atoms with Crippen molar-refractivity contribution in [2.75, 3.05) is 16.0 Å². The lowest BCUT2D eigenvalue weighted by atomic mass is 9.92. The number of hydrogen-bond acceptors (Lipinski definition) is 5. The first kappa shape index (κ1) is 20.5. The summed E-state index contributed by atoms with van der Waals surface area (Å²) >= 11 is 6.10. The van der Waals surface area contributed by atoms with Gasteiger partial charge in [0.1, 0.15) is 11.6 Å². The van der Waals surface area contributed by atoms with Crippen molar-refractivity contribution in [1.29, 1.82) is 0 Å². The van der Waals surface area contributed by atoms with Crippen LogP contribution in [0.25, 0.3) is 0 Å². The molecular formula is C21H17ClFN5O3. The highest BCUT2D eigenvalue weighted by atomic mass is 35.5. The zero-order valence-electron chi connectivity index (χ0n) is 16.3. The van der Waals surface area contributed by atoms with Gasteiger partial charge in [0.25, 0.3) is 5.56 Å². The quantitative estimate of drug-likeness (QED) is 0.493. The van der Waals surface area contributed by atoms with Gasteiger partial charge in [-0.2, -0.15) is 4.98 Å². The van der Waals surface area contributed by atoms with Gasteiger partial charge in [-0.05, 0) is 48.9 Å². The van der Waals surface area contributed by atoms with E-state index in [1.165, 1.54) is 24.3 Å². The van der Waals surface area contributed by atoms with Gasteiger partial charge in [-0.15, -0.1) is 0 Å². The minimum atomic E-state index is -1.03. The van der Waals surface area contributed by atoms with Crippen LogP contribution in [-0.2, 0) is 9.59 Å². The van der Waals surface area contributed by atoms with Crippen molar-refractivity contribution in [2.24, 2.45) is 0 Å². The van der Waals surface area contributed by atoms with Gasteiger partial charge in [0, 0.05) is 22.8 Å². The largest absolute Gasteiger partial charge is 0.326 e. The van der Waals surface area contributed by atoms with Crippen LogP contribution in [0.2, 0.25) is 5.02 Å². The van der Waals surface area contributed by atoms with Gasteiger partial charge in [0.2, 0.25) is 17.8 Å². The first-order chi connectivity index (χ1) is 14.8. The Morgan fingerprint density at radius 3 is 2.58 bits per heavy atom. The standard InChI is InChI=1S/C21H17ClFN5O3/c1-10-2-5-13(8-15(10)22)24-19(30)14-9-16(29)26-18-17(14)20(31)28-21(27-18)25-12-6-3-11(23)4-7-12/h2-8,14H,9H2,1H3,(H,24,30)(H3,25,26,27,28,29,31)/t14-/m0/s1. The Bertz CT molecular complexity index is 1240. The lowest BCUT2D eigenvalue weighted by Gasteiger charge is -2.23. The summed E-state index contributed by atoms with van der Waals surface area (Å²) in [7, 11) is 0. The van der Waals surface area contributed by atoms with Crippen LogP contribution in [0.5, 0.6) is 0 Å². The maximum atomic E-state index is 13.1. The van der Waals surface area contributed by atoms with Crippen LogP contribution in [0, 0.1) is 12.7 Å². The molecule has 1 aliphatic rings. The van der Waals surface area contributed by atoms with E-state index in [1.807, 2.05) is 6.92 Å². The van der Waals surface area contributed by atoms with Gasteiger partial charge in [0.15, 0.2) is 0 Å². The van der Waals surface area contributed by atoms with E-state index in [-0.39, 0.29) is 23.8 Å². The summed E-state index contributed by atoms with van der Waals surface area (Å²) in [4.78, 5) is 44.6. The summed E-state index contributed by atoms with van der Waals surface area (Å²) in [6.07, 6.45) is -0.200. The highest BCUT2D eigenvalue weighted by Crippen LogP contribution is 2.30. The number of aryl methyl sites for hydroxylation is 1. The Labute approximate surface area is 180 Å². The van der Waals surface area contributed by atoms with Crippen LogP contribution in [0.3, 0.4) is 0 Å². The second-order valence-corrected chi connectivity index (χ2v) is 7.47. The van der Waals surface area contributed by atoms with Gasteiger partial charge in [-0.1, -0.05) is 17.7 Å². The Kier molecular flexibility index (Phi) is 5.43. The van der Waals surface area contributed by atoms with Crippen LogP contribution in [0.1, 0.15) is 23.5 Å². The zero-order valence-corrected chi connectivity index (χ0v) is 17.0. The van der Waals surface area contributed by atoms with E-state index in [2.05, 4.69) is 25.9 Å². The fraction of sp³-hybridized carbons (Fsp3) is 0.143. The molecule has 0 saturated carbocycles. The number of anilines is 4. The molecule has 0 spiro atoms. The number of H-pyrrole nitrogens is 1. The molecule has 0 aliphatic carbocycles. The van der Waals surface area contributed by atoms with Gasteiger partial charge < -0.3 is 16.0 Å². The SMILES string of the molecule is Cc1ccc(NC(=O)[C@H]2CC(=O)Nc3nc(Nc4ccc(F)cc4)[nH]c(=O)c32)cc1Cl. The summed E-state index contributed by atoms with van der Waals surface area (Å²) in [5.74, 6) is -2.37. The molecule has 1 atom stereocenters. The lowest BCUT2D eigenvalue weighted by Crippen LogP contribution is -2.36. The first-order valence-electron chi connectivity index (χ1n) is 9.34. The molecule has 4 N–H and O–H groups in total. The highest BCUT2D eigenvalue weighted by Gasteiger charge is 2.34. The average molecular weight is 442 g/mol. The Balaban J connectivity index is 1.63. The molecule has 10 heteroatoms. The van der Waals surface area contributed by atoms with E-state index in [0.717, 1.165) is 5.56 Å². The molecule has 0 fully saturated rings. The van der Waals surface area contributed by atoms with Crippen LogP contribution in [0.4, 0.5) is 27.5 Å². The van der Waals surface area contributed by atoms with E-state index in [4.69, 9.17) is 11.6 Å². The number of carbonyl (C=O) groups excluding carboxylic acids is 2. The van der Waals surface area contributed by atoms with Crippen LogP contribution < -0.4 is 21.5 Å². The Morgan fingerprint density at radius 1 is 1.16 bits per heavy atom. The molecule has 8 nitrogen and oxygen atoms in total. The van der Waals surface area contributed by atoms with Gasteiger partial charge in [0.05, 0.1) is 11.5 Å². The predicted octanol–water partition coefficient (Wildman–Crippen LogP) is 3.68. The molecule has 0 bridgehead atoms. The minimum Gasteiger partial charge on any atom is -0.326 e. The number of aromatic nitrogens is 2. The molecule has 2 aromatic carbocycles.